The number of hydrogen-bond acceptors (Lipinski definition) is 5. The summed E-state index contributed by atoms with van der Waals surface area (Å²) in [5.74, 6) is -2.46. The van der Waals surface area contributed by atoms with Crippen LogP contribution >= 0.6 is 23.2 Å². The first-order valence-electron chi connectivity index (χ1n) is 13.4. The van der Waals surface area contributed by atoms with Crippen LogP contribution in [0.3, 0.4) is 0 Å². The normalized spacial score (nSPS) is 23.5. The Morgan fingerprint density at radius 3 is 2.26 bits per heavy atom. The van der Waals surface area contributed by atoms with Crippen molar-refractivity contribution in [1.29, 1.82) is 0 Å². The van der Waals surface area contributed by atoms with E-state index in [-0.39, 0.29) is 28.4 Å². The van der Waals surface area contributed by atoms with Crippen LogP contribution in [0.1, 0.15) is 38.5 Å². The second kappa shape index (κ2) is 9.82. The van der Waals surface area contributed by atoms with E-state index in [0.29, 0.717) is 16.3 Å². The molecule has 0 aromatic heterocycles. The van der Waals surface area contributed by atoms with Crippen LogP contribution in [0.15, 0.2) is 96.1 Å². The first kappa shape index (κ1) is 26.4. The molecule has 1 heterocycles. The van der Waals surface area contributed by atoms with Crippen molar-refractivity contribution < 1.29 is 19.1 Å². The molecule has 208 valence electrons. The number of anilines is 1. The SMILES string of the molecule is COc1cccc(C(=O)N/N=C\C23c4ccccc4C(c4ccccc42)[C@@H]2C(=O)N(c4ccc(Cl)cc4Cl)C(=O)[C@H]23)c1. The highest BCUT2D eigenvalue weighted by Crippen LogP contribution is 2.63. The van der Waals surface area contributed by atoms with Gasteiger partial charge in [-0.25, -0.2) is 10.3 Å². The molecule has 1 fully saturated rings. The minimum atomic E-state index is -1.13. The summed E-state index contributed by atoms with van der Waals surface area (Å²) in [5.41, 5.74) is 5.81. The number of halogens is 2. The number of imide groups is 1. The fourth-order valence-electron chi connectivity index (χ4n) is 6.97. The maximum Gasteiger partial charge on any atom is 0.271 e. The van der Waals surface area contributed by atoms with Crippen LogP contribution in [0.4, 0.5) is 5.69 Å². The van der Waals surface area contributed by atoms with Crippen LogP contribution in [0.5, 0.6) is 5.75 Å². The van der Waals surface area contributed by atoms with E-state index >= 15 is 0 Å². The van der Waals surface area contributed by atoms with Gasteiger partial charge in [-0.15, -0.1) is 0 Å². The van der Waals surface area contributed by atoms with Gasteiger partial charge in [0.2, 0.25) is 11.8 Å². The van der Waals surface area contributed by atoms with Gasteiger partial charge in [0.1, 0.15) is 5.75 Å². The van der Waals surface area contributed by atoms with E-state index in [4.69, 9.17) is 27.9 Å². The summed E-state index contributed by atoms with van der Waals surface area (Å²) >= 11 is 12.7. The van der Waals surface area contributed by atoms with Crippen molar-refractivity contribution >= 4 is 52.8 Å². The first-order valence-corrected chi connectivity index (χ1v) is 14.1. The Kier molecular flexibility index (Phi) is 6.18. The maximum absolute atomic E-state index is 14.4. The predicted molar refractivity (Wildman–Crippen MR) is 160 cm³/mol. The standard InChI is InChI=1S/C33H23Cl2N3O4/c1-42-20-8-6-7-18(15-20)30(39)37-36-17-33-23-11-4-2-9-21(23)27(22-10-3-5-12-24(22)33)28-29(33)32(41)38(31(28)40)26-14-13-19(34)16-25(26)35/h2-17,27-29H,1H3,(H,37,39)/b36-17-/t27?,28-,29-,33?/m0/s1. The largest absolute Gasteiger partial charge is 0.497 e. The molecule has 0 radical (unpaired) electrons. The quantitative estimate of drug-likeness (QED) is 0.175. The number of hydrazone groups is 1. The van der Waals surface area contributed by atoms with Gasteiger partial charge in [-0.05, 0) is 58.7 Å². The molecule has 2 atom stereocenters. The number of benzene rings is 4. The van der Waals surface area contributed by atoms with Crippen molar-refractivity contribution in [1.82, 2.24) is 5.43 Å². The number of amides is 3. The second-order valence-corrected chi connectivity index (χ2v) is 11.4. The van der Waals surface area contributed by atoms with Gasteiger partial charge in [-0.3, -0.25) is 14.4 Å². The molecule has 4 aliphatic rings. The van der Waals surface area contributed by atoms with E-state index < -0.39 is 23.2 Å². The fourth-order valence-corrected chi connectivity index (χ4v) is 7.46. The molecule has 2 bridgehead atoms. The van der Waals surface area contributed by atoms with Gasteiger partial charge in [-0.2, -0.15) is 5.10 Å². The van der Waals surface area contributed by atoms with Crippen molar-refractivity contribution in [2.45, 2.75) is 11.3 Å². The molecule has 1 saturated heterocycles. The molecule has 3 amide bonds. The number of methoxy groups -OCH3 is 1. The van der Waals surface area contributed by atoms with Gasteiger partial charge in [0.25, 0.3) is 5.91 Å². The summed E-state index contributed by atoms with van der Waals surface area (Å²) in [5, 5.41) is 5.05. The van der Waals surface area contributed by atoms with E-state index in [0.717, 1.165) is 22.3 Å². The van der Waals surface area contributed by atoms with Gasteiger partial charge in [0.15, 0.2) is 0 Å². The average Bonchev–Trinajstić information content (AvgIpc) is 3.27. The van der Waals surface area contributed by atoms with Crippen molar-refractivity contribution in [2.24, 2.45) is 16.9 Å². The van der Waals surface area contributed by atoms with Crippen LogP contribution in [0.25, 0.3) is 0 Å². The van der Waals surface area contributed by atoms with Crippen LogP contribution in [0, 0.1) is 11.8 Å². The van der Waals surface area contributed by atoms with Crippen molar-refractivity contribution in [3.63, 3.8) is 0 Å². The Bertz CT molecular complexity index is 1790. The highest BCUT2D eigenvalue weighted by Gasteiger charge is 2.68. The monoisotopic (exact) mass is 595 g/mol. The lowest BCUT2D eigenvalue weighted by Crippen LogP contribution is -2.54. The van der Waals surface area contributed by atoms with E-state index in [1.54, 1.807) is 42.6 Å². The van der Waals surface area contributed by atoms with Gasteiger partial charge in [0.05, 0.1) is 35.1 Å². The zero-order valence-corrected chi connectivity index (χ0v) is 23.8. The van der Waals surface area contributed by atoms with Gasteiger partial charge in [0, 0.05) is 22.7 Å². The Balaban J connectivity index is 1.39. The molecule has 9 heteroatoms. The number of rotatable bonds is 5. The highest BCUT2D eigenvalue weighted by molar-refractivity contribution is 6.38. The van der Waals surface area contributed by atoms with Crippen molar-refractivity contribution in [2.75, 3.05) is 12.0 Å². The fraction of sp³-hybridized carbons (Fsp3) is 0.152. The smallest absolute Gasteiger partial charge is 0.271 e. The molecular weight excluding hydrogens is 573 g/mol. The molecule has 7 nitrogen and oxygen atoms in total. The van der Waals surface area contributed by atoms with Gasteiger partial charge in [-0.1, -0.05) is 77.8 Å². The van der Waals surface area contributed by atoms with Crippen LogP contribution in [0.2, 0.25) is 10.0 Å². The third kappa shape index (κ3) is 3.67. The number of ether oxygens (including phenoxy) is 1. The molecule has 0 spiro atoms. The molecule has 1 N–H and O–H groups in total. The maximum atomic E-state index is 14.4. The topological polar surface area (TPSA) is 88.1 Å². The van der Waals surface area contributed by atoms with Crippen LogP contribution in [-0.2, 0) is 15.0 Å². The summed E-state index contributed by atoms with van der Waals surface area (Å²) < 4.78 is 5.24. The summed E-state index contributed by atoms with van der Waals surface area (Å²) in [4.78, 5) is 42.9. The molecule has 4 aromatic carbocycles. The van der Waals surface area contributed by atoms with Crippen LogP contribution in [-0.4, -0.2) is 31.0 Å². The lowest BCUT2D eigenvalue weighted by molar-refractivity contribution is -0.122. The molecule has 42 heavy (non-hydrogen) atoms. The second-order valence-electron chi connectivity index (χ2n) is 10.6. The average molecular weight is 596 g/mol. The molecular formula is C33H23Cl2N3O4. The van der Waals surface area contributed by atoms with E-state index in [1.807, 2.05) is 48.5 Å². The molecule has 3 aliphatic carbocycles. The minimum Gasteiger partial charge on any atom is -0.497 e. The lowest BCUT2D eigenvalue weighted by Gasteiger charge is -2.52. The Labute approximate surface area is 251 Å². The minimum absolute atomic E-state index is 0.207. The summed E-state index contributed by atoms with van der Waals surface area (Å²) in [7, 11) is 1.53. The summed E-state index contributed by atoms with van der Waals surface area (Å²) in [6, 6.07) is 27.1. The Morgan fingerprint density at radius 2 is 1.60 bits per heavy atom. The third-order valence-corrected chi connectivity index (χ3v) is 9.14. The summed E-state index contributed by atoms with van der Waals surface area (Å²) in [6.45, 7) is 0. The number of hydrogen-bond donors (Lipinski definition) is 1. The summed E-state index contributed by atoms with van der Waals surface area (Å²) in [6.07, 6.45) is 1.62. The van der Waals surface area contributed by atoms with Crippen molar-refractivity contribution in [3.05, 3.63) is 129 Å². The Hall–Kier alpha value is -4.46. The van der Waals surface area contributed by atoms with Crippen LogP contribution < -0.4 is 15.1 Å². The van der Waals surface area contributed by atoms with Crippen molar-refractivity contribution in [3.8, 4) is 5.75 Å². The first-order chi connectivity index (χ1) is 20.4. The number of nitrogens with zero attached hydrogens (tertiary/aromatic N) is 2. The molecule has 8 rings (SSSR count). The zero-order valence-electron chi connectivity index (χ0n) is 22.3. The molecule has 0 unspecified atom stereocenters. The molecule has 4 aromatic rings. The highest BCUT2D eigenvalue weighted by atomic mass is 35.5. The zero-order chi connectivity index (χ0) is 29.2. The van der Waals surface area contributed by atoms with E-state index in [2.05, 4.69) is 10.5 Å². The van der Waals surface area contributed by atoms with Gasteiger partial charge >= 0.3 is 0 Å². The number of carbonyl (C=O) groups is 3. The van der Waals surface area contributed by atoms with Gasteiger partial charge < -0.3 is 4.74 Å². The molecule has 1 aliphatic heterocycles. The Morgan fingerprint density at radius 1 is 0.905 bits per heavy atom. The molecule has 0 saturated carbocycles. The number of nitrogens with one attached hydrogen (secondary N) is 1. The van der Waals surface area contributed by atoms with E-state index in [1.165, 1.54) is 18.1 Å². The third-order valence-electron chi connectivity index (χ3n) is 8.60. The lowest BCUT2D eigenvalue weighted by atomic mass is 9.47. The number of carbonyl (C=O) groups excluding carboxylic acids is 3. The predicted octanol–water partition coefficient (Wildman–Crippen LogP) is 5.97. The van der Waals surface area contributed by atoms with E-state index in [9.17, 15) is 14.4 Å².